The monoisotopic (exact) mass is 570 g/mol. The van der Waals surface area contributed by atoms with Gasteiger partial charge in [0.1, 0.15) is 6.04 Å². The van der Waals surface area contributed by atoms with E-state index in [-0.39, 0.29) is 68.8 Å². The molecule has 0 bridgehead atoms. The topological polar surface area (TPSA) is 172 Å². The molecule has 1 aliphatic carbocycles. The second-order valence-corrected chi connectivity index (χ2v) is 9.70. The summed E-state index contributed by atoms with van der Waals surface area (Å²) in [7, 11) is 1.31. The van der Waals surface area contributed by atoms with Crippen LogP contribution in [0.2, 0.25) is 0 Å². The van der Waals surface area contributed by atoms with Gasteiger partial charge in [0, 0.05) is 38.6 Å². The van der Waals surface area contributed by atoms with Gasteiger partial charge in [-0.2, -0.15) is 5.10 Å². The van der Waals surface area contributed by atoms with Crippen LogP contribution in [-0.4, -0.2) is 106 Å². The van der Waals surface area contributed by atoms with Gasteiger partial charge >= 0.3 is 12.1 Å². The molecule has 4 rings (SSSR count). The molecule has 1 saturated carbocycles. The number of hydrogen-bond acceptors (Lipinski definition) is 8. The Hall–Kier alpha value is -4.62. The number of piperazine rings is 1. The van der Waals surface area contributed by atoms with Crippen molar-refractivity contribution >= 4 is 29.8 Å². The van der Waals surface area contributed by atoms with Gasteiger partial charge in [0.05, 0.1) is 19.4 Å². The number of rotatable bonds is 11. The van der Waals surface area contributed by atoms with Crippen LogP contribution in [0.15, 0.2) is 30.3 Å². The third-order valence-electron chi connectivity index (χ3n) is 6.76. The first-order chi connectivity index (χ1) is 19.7. The standard InChI is InChI=1S/C27H34N6O8/c1-3-41-27(39)32-15-13-31(14-16-32)26(38)19(11-12-20(34)35)29-24(36)21-23(40-2)22(25(37)28-17-9-10-17)33(30-21)18-7-5-4-6-8-18/h4-8,17,19H,3,9-16H2,1-2H3,(H,28,37)(H,29,36)(H,34,35)/t19-/m0/s1. The fourth-order valence-corrected chi connectivity index (χ4v) is 4.48. The van der Waals surface area contributed by atoms with E-state index in [9.17, 15) is 29.1 Å². The van der Waals surface area contributed by atoms with E-state index in [1.807, 2.05) is 0 Å². The maximum absolute atomic E-state index is 13.5. The minimum absolute atomic E-state index is 0.0271. The van der Waals surface area contributed by atoms with E-state index < -0.39 is 35.8 Å². The van der Waals surface area contributed by atoms with Crippen LogP contribution in [0.1, 0.15) is 53.6 Å². The highest BCUT2D eigenvalue weighted by atomic mass is 16.6. The van der Waals surface area contributed by atoms with E-state index >= 15 is 0 Å². The summed E-state index contributed by atoms with van der Waals surface area (Å²) in [4.78, 5) is 66.5. The maximum atomic E-state index is 13.5. The zero-order valence-electron chi connectivity index (χ0n) is 23.0. The van der Waals surface area contributed by atoms with Gasteiger partial charge in [-0.1, -0.05) is 18.2 Å². The summed E-state index contributed by atoms with van der Waals surface area (Å²) in [6.45, 7) is 2.78. The Kier molecular flexibility index (Phi) is 9.42. The lowest BCUT2D eigenvalue weighted by molar-refractivity contribution is -0.138. The van der Waals surface area contributed by atoms with Crippen molar-refractivity contribution in [1.29, 1.82) is 0 Å². The highest BCUT2D eigenvalue weighted by Crippen LogP contribution is 2.28. The number of amides is 4. The average molecular weight is 571 g/mol. The molecule has 1 atom stereocenters. The number of nitrogens with zero attached hydrogens (tertiary/aromatic N) is 4. The number of para-hydroxylation sites is 1. The summed E-state index contributed by atoms with van der Waals surface area (Å²) < 4.78 is 11.8. The van der Waals surface area contributed by atoms with Gasteiger partial charge in [0.2, 0.25) is 5.91 Å². The summed E-state index contributed by atoms with van der Waals surface area (Å²) >= 11 is 0. The SMILES string of the molecule is CCOC(=O)N1CCN(C(=O)[C@H](CCC(=O)O)NC(=O)c2nn(-c3ccccc3)c(C(=O)NC3CC3)c2OC)CC1. The van der Waals surface area contributed by atoms with Crippen molar-refractivity contribution in [2.24, 2.45) is 0 Å². The number of aliphatic carboxylic acids is 1. The molecular formula is C27H34N6O8. The number of carboxylic acid groups (broad SMARTS) is 1. The zero-order chi connectivity index (χ0) is 29.5. The van der Waals surface area contributed by atoms with Crippen molar-refractivity contribution in [3.8, 4) is 11.4 Å². The van der Waals surface area contributed by atoms with Gasteiger partial charge in [0.15, 0.2) is 17.1 Å². The summed E-state index contributed by atoms with van der Waals surface area (Å²) in [6, 6.07) is 7.60. The van der Waals surface area contributed by atoms with Crippen molar-refractivity contribution in [3.05, 3.63) is 41.7 Å². The van der Waals surface area contributed by atoms with Gasteiger partial charge < -0.3 is 35.0 Å². The number of carbonyl (C=O) groups is 5. The summed E-state index contributed by atoms with van der Waals surface area (Å²) in [5, 5.41) is 19.1. The van der Waals surface area contributed by atoms with Gasteiger partial charge in [-0.15, -0.1) is 0 Å². The summed E-state index contributed by atoms with van der Waals surface area (Å²) in [5.41, 5.74) is 0.320. The molecule has 220 valence electrons. The zero-order valence-corrected chi connectivity index (χ0v) is 23.0. The predicted molar refractivity (Wildman–Crippen MR) is 144 cm³/mol. The second kappa shape index (κ2) is 13.2. The molecule has 1 saturated heterocycles. The molecule has 41 heavy (non-hydrogen) atoms. The molecule has 2 aromatic rings. The maximum Gasteiger partial charge on any atom is 0.409 e. The number of ether oxygens (including phenoxy) is 2. The Morgan fingerprint density at radius 2 is 1.68 bits per heavy atom. The Bertz CT molecular complexity index is 1280. The van der Waals surface area contributed by atoms with Crippen LogP contribution in [-0.2, 0) is 14.3 Å². The van der Waals surface area contributed by atoms with E-state index in [0.29, 0.717) is 5.69 Å². The highest BCUT2D eigenvalue weighted by molar-refractivity contribution is 6.04. The van der Waals surface area contributed by atoms with E-state index in [1.54, 1.807) is 37.3 Å². The molecule has 1 aliphatic heterocycles. The molecular weight excluding hydrogens is 536 g/mol. The smallest absolute Gasteiger partial charge is 0.409 e. The molecule has 14 nitrogen and oxygen atoms in total. The largest absolute Gasteiger partial charge is 0.492 e. The lowest BCUT2D eigenvalue weighted by Gasteiger charge is -2.35. The van der Waals surface area contributed by atoms with Gasteiger partial charge in [-0.3, -0.25) is 19.2 Å². The van der Waals surface area contributed by atoms with Crippen LogP contribution in [0.25, 0.3) is 5.69 Å². The molecule has 1 aromatic carbocycles. The van der Waals surface area contributed by atoms with Gasteiger partial charge in [0.25, 0.3) is 11.8 Å². The summed E-state index contributed by atoms with van der Waals surface area (Å²) in [5.74, 6) is -2.95. The van der Waals surface area contributed by atoms with Crippen LogP contribution in [0, 0.1) is 0 Å². The van der Waals surface area contributed by atoms with Gasteiger partial charge in [-0.05, 0) is 38.3 Å². The third kappa shape index (κ3) is 7.13. The van der Waals surface area contributed by atoms with Crippen LogP contribution in [0.4, 0.5) is 4.79 Å². The average Bonchev–Trinajstić information content (AvgIpc) is 3.70. The van der Waals surface area contributed by atoms with Crippen molar-refractivity contribution in [2.45, 2.75) is 44.7 Å². The fraction of sp³-hybridized carbons (Fsp3) is 0.481. The number of methoxy groups -OCH3 is 1. The number of aromatic nitrogens is 2. The van der Waals surface area contributed by atoms with Crippen LogP contribution >= 0.6 is 0 Å². The molecule has 4 amide bonds. The number of nitrogens with one attached hydrogen (secondary N) is 2. The quantitative estimate of drug-likeness (QED) is 0.357. The van der Waals surface area contributed by atoms with Crippen LogP contribution < -0.4 is 15.4 Å². The Balaban J connectivity index is 1.58. The molecule has 3 N–H and O–H groups in total. The minimum atomic E-state index is -1.19. The van der Waals surface area contributed by atoms with Crippen molar-refractivity contribution in [2.75, 3.05) is 39.9 Å². The molecule has 0 radical (unpaired) electrons. The first-order valence-electron chi connectivity index (χ1n) is 13.5. The molecule has 14 heteroatoms. The Morgan fingerprint density at radius 1 is 1.02 bits per heavy atom. The van der Waals surface area contributed by atoms with Crippen molar-refractivity contribution < 1.29 is 38.6 Å². The third-order valence-corrected chi connectivity index (χ3v) is 6.76. The molecule has 0 unspecified atom stereocenters. The molecule has 0 spiro atoms. The number of carboxylic acids is 1. The van der Waals surface area contributed by atoms with Crippen molar-refractivity contribution in [1.82, 2.24) is 30.2 Å². The number of carbonyl (C=O) groups excluding carboxylic acids is 4. The van der Waals surface area contributed by atoms with Gasteiger partial charge in [-0.25, -0.2) is 9.48 Å². The van der Waals surface area contributed by atoms with Crippen molar-refractivity contribution in [3.63, 3.8) is 0 Å². The lowest BCUT2D eigenvalue weighted by Crippen LogP contribution is -2.56. The van der Waals surface area contributed by atoms with E-state index in [4.69, 9.17) is 9.47 Å². The molecule has 2 aliphatic rings. The first-order valence-corrected chi connectivity index (χ1v) is 13.5. The number of benzene rings is 1. The Morgan fingerprint density at radius 3 is 2.27 bits per heavy atom. The highest BCUT2D eigenvalue weighted by Gasteiger charge is 2.35. The molecule has 1 aromatic heterocycles. The lowest BCUT2D eigenvalue weighted by atomic mass is 10.1. The summed E-state index contributed by atoms with van der Waals surface area (Å²) in [6.07, 6.45) is 0.682. The Labute approximate surface area is 236 Å². The molecule has 2 heterocycles. The van der Waals surface area contributed by atoms with Crippen LogP contribution in [0.5, 0.6) is 5.75 Å². The van der Waals surface area contributed by atoms with E-state index in [0.717, 1.165) is 12.8 Å². The normalized spacial score (nSPS) is 15.6. The predicted octanol–water partition coefficient (Wildman–Crippen LogP) is 1.04. The second-order valence-electron chi connectivity index (χ2n) is 9.70. The van der Waals surface area contributed by atoms with E-state index in [2.05, 4.69) is 15.7 Å². The van der Waals surface area contributed by atoms with Crippen LogP contribution in [0.3, 0.4) is 0 Å². The first kappa shape index (κ1) is 29.4. The van der Waals surface area contributed by atoms with E-state index in [1.165, 1.54) is 21.6 Å². The molecule has 2 fully saturated rings. The number of hydrogen-bond donors (Lipinski definition) is 3. The minimum Gasteiger partial charge on any atom is -0.492 e. The fourth-order valence-electron chi connectivity index (χ4n) is 4.48.